The van der Waals surface area contributed by atoms with Gasteiger partial charge in [0.25, 0.3) is 0 Å². The number of aliphatic hydroxyl groups is 1. The summed E-state index contributed by atoms with van der Waals surface area (Å²) in [5, 5.41) is 31.1. The maximum absolute atomic E-state index is 12.8. The van der Waals surface area contributed by atoms with Crippen LogP contribution in [0.25, 0.3) is 0 Å². The summed E-state index contributed by atoms with van der Waals surface area (Å²) in [4.78, 5) is 12.8. The first-order valence-corrected chi connectivity index (χ1v) is 10.0. The molecule has 2 aromatic rings. The van der Waals surface area contributed by atoms with Crippen molar-refractivity contribution in [2.75, 3.05) is 0 Å². The molecule has 1 aliphatic heterocycles. The average molecular weight is 408 g/mol. The number of Topliss-reactive ketones (excluding diaryl/α,β-unsaturated/α-hetero) is 1. The fourth-order valence-corrected chi connectivity index (χ4v) is 3.39. The van der Waals surface area contributed by atoms with Crippen molar-refractivity contribution in [1.82, 2.24) is 0 Å². The number of ketones is 1. The quantitative estimate of drug-likeness (QED) is 0.619. The summed E-state index contributed by atoms with van der Waals surface area (Å²) < 4.78 is 6.02. The molecule has 1 aliphatic rings. The number of carbonyl (C=O) groups is 1. The zero-order valence-electron chi connectivity index (χ0n) is 17.8. The van der Waals surface area contributed by atoms with Crippen molar-refractivity contribution in [3.8, 4) is 17.2 Å². The van der Waals surface area contributed by atoms with Gasteiger partial charge in [-0.25, -0.2) is 0 Å². The van der Waals surface area contributed by atoms with Crippen molar-refractivity contribution in [1.29, 1.82) is 0 Å². The van der Waals surface area contributed by atoms with Crippen LogP contribution in [0, 0.1) is 0 Å². The molecule has 1 heterocycles. The number of carbonyl (C=O) groups excluding carboxylic acids is 1. The Morgan fingerprint density at radius 3 is 2.13 bits per heavy atom. The van der Waals surface area contributed by atoms with E-state index in [0.717, 1.165) is 11.1 Å². The summed E-state index contributed by atoms with van der Waals surface area (Å²) in [6, 6.07) is 7.98. The van der Waals surface area contributed by atoms with Gasteiger partial charge in [-0.3, -0.25) is 4.79 Å². The van der Waals surface area contributed by atoms with Crippen LogP contribution in [-0.2, 0) is 12.8 Å². The molecular formula is C25H28O5. The lowest BCUT2D eigenvalue weighted by molar-refractivity contribution is 0.0215. The minimum Gasteiger partial charge on any atom is -0.508 e. The first-order chi connectivity index (χ1) is 14.2. The van der Waals surface area contributed by atoms with E-state index in [1.807, 2.05) is 39.8 Å². The van der Waals surface area contributed by atoms with Crippen molar-refractivity contribution < 1.29 is 24.9 Å². The lowest BCUT2D eigenvalue weighted by atomic mass is 9.91. The standard InChI is InChI=1S/C25H28O5/c1-14(2)5-7-16-11-18(9-10-20(16)26)25-24(29)23(28)19-13-21(27)17(8-6-15(3)4)12-22(19)30-25/h5-6,9-13,24-27,29H,7-8H2,1-4H3/t24-,25-/m1/s1. The van der Waals surface area contributed by atoms with E-state index in [4.69, 9.17) is 4.74 Å². The minimum atomic E-state index is -1.40. The van der Waals surface area contributed by atoms with Gasteiger partial charge in [0, 0.05) is 5.56 Å². The second kappa shape index (κ2) is 8.76. The van der Waals surface area contributed by atoms with Crippen molar-refractivity contribution in [2.45, 2.75) is 52.7 Å². The highest BCUT2D eigenvalue weighted by atomic mass is 16.5. The molecular weight excluding hydrogens is 380 g/mol. The van der Waals surface area contributed by atoms with Crippen molar-refractivity contribution >= 4 is 5.78 Å². The van der Waals surface area contributed by atoms with Crippen LogP contribution in [0.3, 0.4) is 0 Å². The van der Waals surface area contributed by atoms with Crippen molar-refractivity contribution in [2.24, 2.45) is 0 Å². The third kappa shape index (κ3) is 4.57. The van der Waals surface area contributed by atoms with Gasteiger partial charge in [-0.15, -0.1) is 0 Å². The molecule has 3 rings (SSSR count). The normalized spacial score (nSPS) is 17.7. The molecule has 2 aromatic carbocycles. The Morgan fingerprint density at radius 1 is 0.933 bits per heavy atom. The first kappa shape index (κ1) is 21.7. The van der Waals surface area contributed by atoms with Gasteiger partial charge in [0.2, 0.25) is 0 Å². The van der Waals surface area contributed by atoms with E-state index in [0.29, 0.717) is 35.3 Å². The number of hydrogen-bond acceptors (Lipinski definition) is 5. The van der Waals surface area contributed by atoms with E-state index < -0.39 is 18.0 Å². The van der Waals surface area contributed by atoms with E-state index in [1.165, 1.54) is 6.07 Å². The fraction of sp³-hybridized carbons (Fsp3) is 0.320. The van der Waals surface area contributed by atoms with Gasteiger partial charge in [-0.2, -0.15) is 0 Å². The van der Waals surface area contributed by atoms with Gasteiger partial charge in [0.15, 0.2) is 18.0 Å². The van der Waals surface area contributed by atoms with Gasteiger partial charge in [-0.05, 0) is 75.9 Å². The molecule has 0 saturated heterocycles. The molecule has 5 heteroatoms. The molecule has 0 bridgehead atoms. The van der Waals surface area contributed by atoms with Crippen molar-refractivity contribution in [3.63, 3.8) is 0 Å². The van der Waals surface area contributed by atoms with Crippen LogP contribution in [0.15, 0.2) is 53.6 Å². The van der Waals surface area contributed by atoms with E-state index in [1.54, 1.807) is 24.3 Å². The Kier molecular flexibility index (Phi) is 6.32. The van der Waals surface area contributed by atoms with Crippen LogP contribution >= 0.6 is 0 Å². The molecule has 2 atom stereocenters. The molecule has 0 aromatic heterocycles. The average Bonchev–Trinajstić information content (AvgIpc) is 2.69. The topological polar surface area (TPSA) is 87.0 Å². The van der Waals surface area contributed by atoms with E-state index in [9.17, 15) is 20.1 Å². The molecule has 3 N–H and O–H groups in total. The van der Waals surface area contributed by atoms with Crippen LogP contribution in [0.5, 0.6) is 17.2 Å². The van der Waals surface area contributed by atoms with Crippen LogP contribution in [0.4, 0.5) is 0 Å². The largest absolute Gasteiger partial charge is 0.508 e. The molecule has 0 saturated carbocycles. The maximum Gasteiger partial charge on any atom is 0.199 e. The molecule has 158 valence electrons. The van der Waals surface area contributed by atoms with Crippen molar-refractivity contribution in [3.05, 3.63) is 75.9 Å². The summed E-state index contributed by atoms with van der Waals surface area (Å²) in [5.74, 6) is -0.00174. The lowest BCUT2D eigenvalue weighted by Gasteiger charge is -2.30. The summed E-state index contributed by atoms with van der Waals surface area (Å²) >= 11 is 0. The van der Waals surface area contributed by atoms with Crippen LogP contribution in [0.1, 0.15) is 60.8 Å². The minimum absolute atomic E-state index is 0.00231. The summed E-state index contributed by atoms with van der Waals surface area (Å²) in [6.07, 6.45) is 2.73. The monoisotopic (exact) mass is 408 g/mol. The first-order valence-electron chi connectivity index (χ1n) is 10.0. The number of hydrogen-bond donors (Lipinski definition) is 3. The predicted octanol–water partition coefficient (Wildman–Crippen LogP) is 4.79. The Hall–Kier alpha value is -3.05. The van der Waals surface area contributed by atoms with Gasteiger partial charge in [0.05, 0.1) is 5.56 Å². The lowest BCUT2D eigenvalue weighted by Crippen LogP contribution is -2.36. The molecule has 0 amide bonds. The third-order valence-electron chi connectivity index (χ3n) is 5.15. The number of aliphatic hydroxyl groups excluding tert-OH is 1. The number of rotatable bonds is 5. The molecule has 0 spiro atoms. The molecule has 0 radical (unpaired) electrons. The Balaban J connectivity index is 1.97. The maximum atomic E-state index is 12.8. The summed E-state index contributed by atoms with van der Waals surface area (Å²) in [7, 11) is 0. The third-order valence-corrected chi connectivity index (χ3v) is 5.15. The fourth-order valence-electron chi connectivity index (χ4n) is 3.39. The number of aromatic hydroxyl groups is 2. The van der Waals surface area contributed by atoms with Gasteiger partial charge in [0.1, 0.15) is 17.2 Å². The molecule has 5 nitrogen and oxygen atoms in total. The second-order valence-electron chi connectivity index (χ2n) is 8.18. The Labute approximate surface area is 177 Å². The highest BCUT2D eigenvalue weighted by Crippen LogP contribution is 2.39. The molecule has 30 heavy (non-hydrogen) atoms. The number of ether oxygens (including phenoxy) is 1. The molecule has 0 unspecified atom stereocenters. The highest BCUT2D eigenvalue weighted by molar-refractivity contribution is 6.03. The number of phenolic OH excluding ortho intramolecular Hbond substituents is 2. The van der Waals surface area contributed by atoms with Crippen LogP contribution in [-0.4, -0.2) is 27.2 Å². The Morgan fingerprint density at radius 2 is 1.53 bits per heavy atom. The zero-order chi connectivity index (χ0) is 22.0. The summed E-state index contributed by atoms with van der Waals surface area (Å²) in [6.45, 7) is 7.90. The highest BCUT2D eigenvalue weighted by Gasteiger charge is 2.37. The van der Waals surface area contributed by atoms with Gasteiger partial charge < -0.3 is 20.1 Å². The predicted molar refractivity (Wildman–Crippen MR) is 116 cm³/mol. The number of allylic oxidation sites excluding steroid dienone is 4. The smallest absolute Gasteiger partial charge is 0.199 e. The van der Waals surface area contributed by atoms with Crippen LogP contribution in [0.2, 0.25) is 0 Å². The number of fused-ring (bicyclic) bond motifs is 1. The van der Waals surface area contributed by atoms with E-state index in [2.05, 4.69) is 0 Å². The summed E-state index contributed by atoms with van der Waals surface area (Å²) in [5.41, 5.74) is 4.36. The zero-order valence-corrected chi connectivity index (χ0v) is 17.8. The van der Waals surface area contributed by atoms with Gasteiger partial charge >= 0.3 is 0 Å². The van der Waals surface area contributed by atoms with Gasteiger partial charge in [-0.1, -0.05) is 29.4 Å². The molecule has 0 aliphatic carbocycles. The number of phenols is 2. The molecule has 0 fully saturated rings. The van der Waals surface area contributed by atoms with E-state index in [-0.39, 0.29) is 17.1 Å². The Bertz CT molecular complexity index is 1020. The van der Waals surface area contributed by atoms with Crippen LogP contribution < -0.4 is 4.74 Å². The number of benzene rings is 2. The second-order valence-corrected chi connectivity index (χ2v) is 8.18. The van der Waals surface area contributed by atoms with E-state index >= 15 is 0 Å². The SMILES string of the molecule is CC(C)=CCc1cc([C@H]2Oc3cc(CC=C(C)C)c(O)cc3C(=O)[C@H]2O)ccc1O.